The number of piperidine rings is 1. The first-order valence-corrected chi connectivity index (χ1v) is 10.3. The highest BCUT2D eigenvalue weighted by atomic mass is 32.2. The lowest BCUT2D eigenvalue weighted by Crippen LogP contribution is -2.42. The summed E-state index contributed by atoms with van der Waals surface area (Å²) in [5, 5.41) is 0. The molecule has 0 N–H and O–H groups in total. The molecule has 2 aliphatic heterocycles. The Hall–Kier alpha value is -2.47. The molecule has 2 aromatic carbocycles. The molecule has 1 fully saturated rings. The van der Waals surface area contributed by atoms with Gasteiger partial charge in [-0.1, -0.05) is 12.1 Å². The van der Waals surface area contributed by atoms with Crippen LogP contribution in [0.1, 0.15) is 33.6 Å². The second-order valence-corrected chi connectivity index (χ2v) is 7.63. The van der Waals surface area contributed by atoms with Crippen LogP contribution < -0.4 is 9.47 Å². The predicted molar refractivity (Wildman–Crippen MR) is 104 cm³/mol. The number of thioether (sulfide) groups is 1. The lowest BCUT2D eigenvalue weighted by atomic mass is 9.89. The van der Waals surface area contributed by atoms with E-state index in [1.165, 1.54) is 0 Å². The highest BCUT2D eigenvalue weighted by Gasteiger charge is 2.30. The van der Waals surface area contributed by atoms with Crippen LogP contribution in [0, 0.1) is 5.92 Å². The quantitative estimate of drug-likeness (QED) is 0.593. The van der Waals surface area contributed by atoms with E-state index in [1.54, 1.807) is 34.9 Å². The van der Waals surface area contributed by atoms with E-state index in [2.05, 4.69) is 0 Å². The molecule has 140 valence electrons. The minimum absolute atomic E-state index is 0.0662. The van der Waals surface area contributed by atoms with Crippen molar-refractivity contribution in [2.24, 2.45) is 5.92 Å². The molecule has 2 aliphatic rings. The van der Waals surface area contributed by atoms with E-state index >= 15 is 0 Å². The maximum absolute atomic E-state index is 12.9. The summed E-state index contributed by atoms with van der Waals surface area (Å²) in [5.41, 5.74) is 1.28. The molecule has 0 saturated carbocycles. The topological polar surface area (TPSA) is 55.8 Å². The fourth-order valence-electron chi connectivity index (χ4n) is 3.58. The van der Waals surface area contributed by atoms with Crippen molar-refractivity contribution >= 4 is 23.5 Å². The fraction of sp³-hybridized carbons (Fsp3) is 0.333. The lowest BCUT2D eigenvalue weighted by molar-refractivity contribution is 0.0636. The number of ether oxygens (including phenoxy) is 2. The Bertz CT molecular complexity index is 865. The van der Waals surface area contributed by atoms with Crippen LogP contribution in [0.2, 0.25) is 0 Å². The average Bonchev–Trinajstić information content (AvgIpc) is 3.20. The molecule has 5 nitrogen and oxygen atoms in total. The number of nitrogens with zero attached hydrogens (tertiary/aromatic N) is 1. The lowest BCUT2D eigenvalue weighted by Gasteiger charge is -2.32. The van der Waals surface area contributed by atoms with E-state index in [-0.39, 0.29) is 24.4 Å². The number of benzene rings is 2. The van der Waals surface area contributed by atoms with Crippen molar-refractivity contribution < 1.29 is 19.1 Å². The number of amides is 1. The Kier molecular flexibility index (Phi) is 5.07. The molecule has 0 aliphatic carbocycles. The van der Waals surface area contributed by atoms with Crippen molar-refractivity contribution in [1.82, 2.24) is 4.90 Å². The smallest absolute Gasteiger partial charge is 0.254 e. The van der Waals surface area contributed by atoms with Crippen LogP contribution in [0.4, 0.5) is 0 Å². The Morgan fingerprint density at radius 2 is 1.78 bits per heavy atom. The molecule has 0 aromatic heterocycles. The number of carbonyl (C=O) groups excluding carboxylic acids is 2. The SMILES string of the molecule is CSc1ccc(C(=O)[C@@H]2CCCN(C(=O)c3ccc4c(c3)OCO4)C2)cc1. The van der Waals surface area contributed by atoms with Gasteiger partial charge in [0.1, 0.15) is 0 Å². The number of likely N-dealkylation sites (tertiary alicyclic amines) is 1. The molecular formula is C21H21NO4S. The summed E-state index contributed by atoms with van der Waals surface area (Å²) in [4.78, 5) is 28.7. The number of ketones is 1. The summed E-state index contributed by atoms with van der Waals surface area (Å²) < 4.78 is 10.7. The van der Waals surface area contributed by atoms with Gasteiger partial charge in [-0.15, -0.1) is 11.8 Å². The number of fused-ring (bicyclic) bond motifs is 1. The summed E-state index contributed by atoms with van der Waals surface area (Å²) in [6, 6.07) is 12.9. The van der Waals surface area contributed by atoms with Crippen LogP contribution >= 0.6 is 11.8 Å². The van der Waals surface area contributed by atoms with Crippen molar-refractivity contribution in [3.05, 3.63) is 53.6 Å². The van der Waals surface area contributed by atoms with E-state index in [9.17, 15) is 9.59 Å². The van der Waals surface area contributed by atoms with Crippen molar-refractivity contribution in [2.75, 3.05) is 26.1 Å². The zero-order chi connectivity index (χ0) is 18.8. The minimum atomic E-state index is -0.156. The largest absolute Gasteiger partial charge is 0.454 e. The first kappa shape index (κ1) is 17.9. The minimum Gasteiger partial charge on any atom is -0.454 e. The van der Waals surface area contributed by atoms with Gasteiger partial charge in [-0.25, -0.2) is 0 Å². The maximum atomic E-state index is 12.9. The second kappa shape index (κ2) is 7.64. The average molecular weight is 383 g/mol. The highest BCUT2D eigenvalue weighted by molar-refractivity contribution is 7.98. The van der Waals surface area contributed by atoms with Crippen LogP contribution in [0.15, 0.2) is 47.4 Å². The standard InChI is InChI=1S/C21H21NO4S/c1-27-17-7-4-14(5-8-17)20(23)16-3-2-10-22(12-16)21(24)15-6-9-18-19(11-15)26-13-25-18/h4-9,11,16H,2-3,10,12-13H2,1H3/t16-/m1/s1. The predicted octanol–water partition coefficient (Wildman–Crippen LogP) is 3.87. The maximum Gasteiger partial charge on any atom is 0.254 e. The summed E-state index contributed by atoms with van der Waals surface area (Å²) in [6.45, 7) is 1.31. The zero-order valence-electron chi connectivity index (χ0n) is 15.1. The molecule has 2 aromatic rings. The Morgan fingerprint density at radius 3 is 2.56 bits per heavy atom. The second-order valence-electron chi connectivity index (χ2n) is 6.75. The van der Waals surface area contributed by atoms with Crippen LogP contribution in [0.3, 0.4) is 0 Å². The summed E-state index contributed by atoms with van der Waals surface area (Å²) >= 11 is 1.65. The van der Waals surface area contributed by atoms with Crippen molar-refractivity contribution in [2.45, 2.75) is 17.7 Å². The third kappa shape index (κ3) is 3.67. The van der Waals surface area contributed by atoms with Crippen LogP contribution in [0.25, 0.3) is 0 Å². The third-order valence-corrected chi connectivity index (χ3v) is 5.82. The number of hydrogen-bond acceptors (Lipinski definition) is 5. The molecule has 0 radical (unpaired) electrons. The van der Waals surface area contributed by atoms with Crippen molar-refractivity contribution in [1.29, 1.82) is 0 Å². The molecular weight excluding hydrogens is 362 g/mol. The van der Waals surface area contributed by atoms with Gasteiger partial charge in [0, 0.05) is 35.0 Å². The summed E-state index contributed by atoms with van der Waals surface area (Å²) in [7, 11) is 0. The molecule has 0 spiro atoms. The van der Waals surface area contributed by atoms with Crippen molar-refractivity contribution in [3.63, 3.8) is 0 Å². The van der Waals surface area contributed by atoms with Gasteiger partial charge >= 0.3 is 0 Å². The Labute approximate surface area is 162 Å². The molecule has 2 heterocycles. The van der Waals surface area contributed by atoms with Crippen LogP contribution in [-0.4, -0.2) is 42.7 Å². The van der Waals surface area contributed by atoms with Crippen LogP contribution in [0.5, 0.6) is 11.5 Å². The number of hydrogen-bond donors (Lipinski definition) is 0. The van der Waals surface area contributed by atoms with Gasteiger partial charge in [-0.3, -0.25) is 9.59 Å². The Balaban J connectivity index is 1.47. The van der Waals surface area contributed by atoms with E-state index in [0.717, 1.165) is 23.3 Å². The molecule has 4 rings (SSSR count). The zero-order valence-corrected chi connectivity index (χ0v) is 16.0. The fourth-order valence-corrected chi connectivity index (χ4v) is 3.99. The van der Waals surface area contributed by atoms with E-state index < -0.39 is 0 Å². The molecule has 6 heteroatoms. The number of rotatable bonds is 4. The normalized spacial score (nSPS) is 18.4. The van der Waals surface area contributed by atoms with Crippen molar-refractivity contribution in [3.8, 4) is 11.5 Å². The first-order chi connectivity index (χ1) is 13.2. The number of Topliss-reactive ketones (excluding diaryl/α,β-unsaturated/α-hetero) is 1. The number of carbonyl (C=O) groups is 2. The molecule has 27 heavy (non-hydrogen) atoms. The van der Waals surface area contributed by atoms with E-state index in [0.29, 0.717) is 30.2 Å². The van der Waals surface area contributed by atoms with Gasteiger partial charge < -0.3 is 14.4 Å². The van der Waals surface area contributed by atoms with Gasteiger partial charge in [0.15, 0.2) is 17.3 Å². The third-order valence-electron chi connectivity index (χ3n) is 5.07. The van der Waals surface area contributed by atoms with Crippen LogP contribution in [-0.2, 0) is 0 Å². The monoisotopic (exact) mass is 383 g/mol. The van der Waals surface area contributed by atoms with E-state index in [4.69, 9.17) is 9.47 Å². The molecule has 1 amide bonds. The molecule has 1 atom stereocenters. The molecule has 0 bridgehead atoms. The summed E-state index contributed by atoms with van der Waals surface area (Å²) in [5.74, 6) is 1.15. The van der Waals surface area contributed by atoms with Gasteiger partial charge in [0.05, 0.1) is 0 Å². The van der Waals surface area contributed by atoms with Gasteiger partial charge in [0.25, 0.3) is 5.91 Å². The molecule has 1 saturated heterocycles. The van der Waals surface area contributed by atoms with Gasteiger partial charge in [-0.2, -0.15) is 0 Å². The van der Waals surface area contributed by atoms with Gasteiger partial charge in [-0.05, 0) is 49.4 Å². The molecule has 0 unspecified atom stereocenters. The highest BCUT2D eigenvalue weighted by Crippen LogP contribution is 2.33. The Morgan fingerprint density at radius 1 is 1.04 bits per heavy atom. The first-order valence-electron chi connectivity index (χ1n) is 9.03. The summed E-state index contributed by atoms with van der Waals surface area (Å²) in [6.07, 6.45) is 3.65. The van der Waals surface area contributed by atoms with Gasteiger partial charge in [0.2, 0.25) is 6.79 Å². The van der Waals surface area contributed by atoms with E-state index in [1.807, 2.05) is 30.5 Å².